The Labute approximate surface area is 119 Å². The third-order valence-electron chi connectivity index (χ3n) is 2.26. The van der Waals surface area contributed by atoms with Crippen LogP contribution >= 0.6 is 23.1 Å². The van der Waals surface area contributed by atoms with E-state index in [4.69, 9.17) is 10.5 Å². The Morgan fingerprint density at radius 2 is 2.21 bits per heavy atom. The molecule has 2 aromatic rings. The van der Waals surface area contributed by atoms with E-state index in [-0.39, 0.29) is 6.61 Å². The predicted molar refractivity (Wildman–Crippen MR) is 77.7 cm³/mol. The monoisotopic (exact) mass is 297 g/mol. The Kier molecular flexibility index (Phi) is 5.00. The number of aromatic nitrogens is 2. The van der Waals surface area contributed by atoms with Gasteiger partial charge >= 0.3 is 0 Å². The number of aliphatic hydroxyl groups is 1. The van der Waals surface area contributed by atoms with E-state index in [2.05, 4.69) is 10.2 Å². The highest BCUT2D eigenvalue weighted by atomic mass is 32.2. The maximum absolute atomic E-state index is 9.84. The van der Waals surface area contributed by atoms with Gasteiger partial charge in [0.15, 0.2) is 4.34 Å². The summed E-state index contributed by atoms with van der Waals surface area (Å²) in [5.74, 6) is 1.11. The number of thioether (sulfide) groups is 1. The van der Waals surface area contributed by atoms with Crippen molar-refractivity contribution in [2.45, 2.75) is 17.4 Å². The summed E-state index contributed by atoms with van der Waals surface area (Å²) < 4.78 is 6.33. The first-order valence-corrected chi connectivity index (χ1v) is 7.53. The molecule has 1 heterocycles. The lowest BCUT2D eigenvalue weighted by Crippen LogP contribution is -2.20. The Bertz CT molecular complexity index is 533. The molecule has 102 valence electrons. The van der Waals surface area contributed by atoms with E-state index in [1.54, 1.807) is 12.1 Å². The Morgan fingerprint density at radius 3 is 2.89 bits per heavy atom. The molecule has 7 heteroatoms. The van der Waals surface area contributed by atoms with Crippen LogP contribution in [0.1, 0.15) is 5.01 Å². The lowest BCUT2D eigenvalue weighted by Gasteiger charge is -2.12. The molecule has 0 amide bonds. The molecule has 3 N–H and O–H groups in total. The van der Waals surface area contributed by atoms with Crippen molar-refractivity contribution in [1.82, 2.24) is 10.2 Å². The van der Waals surface area contributed by atoms with Gasteiger partial charge in [-0.25, -0.2) is 0 Å². The molecular formula is C12H15N3O2S2. The van der Waals surface area contributed by atoms with Gasteiger partial charge in [-0.2, -0.15) is 0 Å². The van der Waals surface area contributed by atoms with Crippen molar-refractivity contribution in [3.05, 3.63) is 29.3 Å². The zero-order valence-corrected chi connectivity index (χ0v) is 12.1. The number of aryl methyl sites for hydroxylation is 1. The zero-order chi connectivity index (χ0) is 13.7. The molecule has 0 saturated heterocycles. The molecule has 0 saturated carbocycles. The molecule has 0 aliphatic rings. The number of hydrogen-bond donors (Lipinski definition) is 2. The second-order valence-electron chi connectivity index (χ2n) is 3.90. The lowest BCUT2D eigenvalue weighted by molar-refractivity contribution is 0.127. The fourth-order valence-corrected chi connectivity index (χ4v) is 3.10. The molecule has 0 bridgehead atoms. The highest BCUT2D eigenvalue weighted by Crippen LogP contribution is 2.23. The van der Waals surface area contributed by atoms with E-state index >= 15 is 0 Å². The summed E-state index contributed by atoms with van der Waals surface area (Å²) in [6.07, 6.45) is -0.575. The van der Waals surface area contributed by atoms with Crippen LogP contribution in [0.3, 0.4) is 0 Å². The zero-order valence-electron chi connectivity index (χ0n) is 10.4. The van der Waals surface area contributed by atoms with Crippen LogP contribution < -0.4 is 10.5 Å². The largest absolute Gasteiger partial charge is 0.489 e. The van der Waals surface area contributed by atoms with Gasteiger partial charge in [0.05, 0.1) is 11.8 Å². The first-order chi connectivity index (χ1) is 9.15. The summed E-state index contributed by atoms with van der Waals surface area (Å²) in [6.45, 7) is 2.11. The van der Waals surface area contributed by atoms with Gasteiger partial charge in [0.2, 0.25) is 0 Å². The summed E-state index contributed by atoms with van der Waals surface area (Å²) in [7, 11) is 0. The molecule has 19 heavy (non-hydrogen) atoms. The quantitative estimate of drug-likeness (QED) is 0.626. The number of para-hydroxylation sites is 2. The van der Waals surface area contributed by atoms with Crippen LogP contribution in [-0.2, 0) is 0 Å². The van der Waals surface area contributed by atoms with Crippen molar-refractivity contribution in [2.75, 3.05) is 18.1 Å². The van der Waals surface area contributed by atoms with Crippen LogP contribution in [0.5, 0.6) is 5.75 Å². The van der Waals surface area contributed by atoms with Crippen LogP contribution in [0.4, 0.5) is 5.69 Å². The van der Waals surface area contributed by atoms with E-state index in [9.17, 15) is 5.11 Å². The molecule has 1 unspecified atom stereocenters. The Balaban J connectivity index is 1.76. The molecular weight excluding hydrogens is 282 g/mol. The smallest absolute Gasteiger partial charge is 0.174 e. The van der Waals surface area contributed by atoms with Crippen LogP contribution in [-0.4, -0.2) is 33.8 Å². The topological polar surface area (TPSA) is 81.3 Å². The summed E-state index contributed by atoms with van der Waals surface area (Å²) >= 11 is 2.99. The molecule has 0 spiro atoms. The van der Waals surface area contributed by atoms with Crippen LogP contribution in [0, 0.1) is 6.92 Å². The number of nitrogen functional groups attached to an aromatic ring is 1. The molecule has 0 radical (unpaired) electrons. The van der Waals surface area contributed by atoms with E-state index < -0.39 is 6.10 Å². The van der Waals surface area contributed by atoms with Crippen molar-refractivity contribution in [3.63, 3.8) is 0 Å². The van der Waals surface area contributed by atoms with Crippen molar-refractivity contribution in [2.24, 2.45) is 0 Å². The predicted octanol–water partition coefficient (Wildman–Crippen LogP) is 1.96. The van der Waals surface area contributed by atoms with Crippen molar-refractivity contribution in [3.8, 4) is 5.75 Å². The van der Waals surface area contributed by atoms with E-state index in [1.807, 2.05) is 19.1 Å². The summed E-state index contributed by atoms with van der Waals surface area (Å²) in [5.41, 5.74) is 6.32. The maximum atomic E-state index is 9.84. The molecule has 1 aromatic carbocycles. The number of nitrogens with two attached hydrogens (primary N) is 1. The number of hydrogen-bond acceptors (Lipinski definition) is 7. The second-order valence-corrected chi connectivity index (χ2v) is 6.35. The van der Waals surface area contributed by atoms with Gasteiger partial charge in [0.25, 0.3) is 0 Å². The molecule has 2 rings (SSSR count). The lowest BCUT2D eigenvalue weighted by atomic mass is 10.3. The van der Waals surface area contributed by atoms with Gasteiger partial charge in [-0.05, 0) is 19.1 Å². The minimum atomic E-state index is -0.575. The molecule has 1 aromatic heterocycles. The third-order valence-corrected chi connectivity index (χ3v) is 4.37. The number of benzene rings is 1. The highest BCUT2D eigenvalue weighted by molar-refractivity contribution is 8.01. The number of ether oxygens (including phenoxy) is 1. The van der Waals surface area contributed by atoms with Gasteiger partial charge in [0, 0.05) is 5.75 Å². The summed E-state index contributed by atoms with van der Waals surface area (Å²) in [6, 6.07) is 7.23. The van der Waals surface area contributed by atoms with Gasteiger partial charge < -0.3 is 15.6 Å². The van der Waals surface area contributed by atoms with Crippen LogP contribution in [0.25, 0.3) is 0 Å². The summed E-state index contributed by atoms with van der Waals surface area (Å²) in [4.78, 5) is 0. The van der Waals surface area contributed by atoms with Crippen LogP contribution in [0.2, 0.25) is 0 Å². The molecule has 5 nitrogen and oxygen atoms in total. The SMILES string of the molecule is Cc1nnc(SCC(O)COc2ccccc2N)s1. The Hall–Kier alpha value is -1.31. The minimum Gasteiger partial charge on any atom is -0.489 e. The van der Waals surface area contributed by atoms with Crippen LogP contribution in [0.15, 0.2) is 28.6 Å². The highest BCUT2D eigenvalue weighted by Gasteiger charge is 2.09. The fraction of sp³-hybridized carbons (Fsp3) is 0.333. The molecule has 0 aliphatic carbocycles. The van der Waals surface area contributed by atoms with Gasteiger partial charge in [0.1, 0.15) is 17.4 Å². The second kappa shape index (κ2) is 6.74. The van der Waals surface area contributed by atoms with Crippen molar-refractivity contribution >= 4 is 28.8 Å². The third kappa shape index (κ3) is 4.38. The average molecular weight is 297 g/mol. The number of rotatable bonds is 6. The van der Waals surface area contributed by atoms with E-state index in [1.165, 1.54) is 23.1 Å². The van der Waals surface area contributed by atoms with Crippen molar-refractivity contribution < 1.29 is 9.84 Å². The maximum Gasteiger partial charge on any atom is 0.174 e. The van der Waals surface area contributed by atoms with Gasteiger partial charge in [-0.1, -0.05) is 35.2 Å². The molecule has 0 fully saturated rings. The van der Waals surface area contributed by atoms with Gasteiger partial charge in [-0.15, -0.1) is 10.2 Å². The average Bonchev–Trinajstić information content (AvgIpc) is 2.81. The molecule has 1 atom stereocenters. The number of anilines is 1. The normalized spacial score (nSPS) is 12.3. The Morgan fingerprint density at radius 1 is 1.42 bits per heavy atom. The first-order valence-electron chi connectivity index (χ1n) is 5.73. The van der Waals surface area contributed by atoms with Gasteiger partial charge in [-0.3, -0.25) is 0 Å². The molecule has 0 aliphatic heterocycles. The van der Waals surface area contributed by atoms with E-state index in [0.29, 0.717) is 17.2 Å². The van der Waals surface area contributed by atoms with Crippen molar-refractivity contribution in [1.29, 1.82) is 0 Å². The first kappa shape index (κ1) is 14.1. The van der Waals surface area contributed by atoms with E-state index in [0.717, 1.165) is 9.35 Å². The summed E-state index contributed by atoms with van der Waals surface area (Å²) in [5, 5.41) is 18.7. The standard InChI is InChI=1S/C12H15N3O2S2/c1-8-14-15-12(19-8)18-7-9(16)6-17-11-5-3-2-4-10(11)13/h2-5,9,16H,6-7,13H2,1H3. The number of aliphatic hydroxyl groups excluding tert-OH is 1. The fourth-order valence-electron chi connectivity index (χ4n) is 1.35. The minimum absolute atomic E-state index is 0.207. The number of nitrogens with zero attached hydrogens (tertiary/aromatic N) is 2.